The van der Waals surface area contributed by atoms with Gasteiger partial charge in [0.2, 0.25) is 0 Å². The van der Waals surface area contributed by atoms with E-state index in [4.69, 9.17) is 0 Å². The molecular weight excluding hydrogens is 250 g/mol. The number of hydrogen-bond acceptors (Lipinski definition) is 3. The highest BCUT2D eigenvalue weighted by molar-refractivity contribution is 5.92. The third-order valence-electron chi connectivity index (χ3n) is 4.85. The van der Waals surface area contributed by atoms with Crippen molar-refractivity contribution >= 4 is 5.91 Å². The van der Waals surface area contributed by atoms with Crippen molar-refractivity contribution in [3.05, 3.63) is 29.6 Å². The van der Waals surface area contributed by atoms with Crippen molar-refractivity contribution in [2.24, 2.45) is 0 Å². The lowest BCUT2D eigenvalue weighted by atomic mass is 9.91. The van der Waals surface area contributed by atoms with Crippen LogP contribution in [0, 0.1) is 0 Å². The molecule has 1 aromatic rings. The second-order valence-corrected chi connectivity index (χ2v) is 6.11. The number of hydrogen-bond donors (Lipinski definition) is 0. The molecule has 0 bridgehead atoms. The number of carbonyl (C=O) groups is 1. The van der Waals surface area contributed by atoms with Crippen LogP contribution in [0.15, 0.2) is 18.3 Å². The molecule has 108 valence electrons. The first-order chi connectivity index (χ1) is 9.66. The number of rotatable bonds is 3. The van der Waals surface area contributed by atoms with E-state index in [9.17, 15) is 4.79 Å². The molecule has 0 aromatic carbocycles. The Morgan fingerprint density at radius 3 is 2.75 bits per heavy atom. The highest BCUT2D eigenvalue weighted by Gasteiger charge is 2.28. The van der Waals surface area contributed by atoms with E-state index >= 15 is 0 Å². The second kappa shape index (κ2) is 5.52. The third-order valence-corrected chi connectivity index (χ3v) is 4.85. The van der Waals surface area contributed by atoms with Crippen LogP contribution in [0.5, 0.6) is 0 Å². The van der Waals surface area contributed by atoms with Crippen LogP contribution in [0.25, 0.3) is 0 Å². The molecule has 1 aliphatic heterocycles. The largest absolute Gasteiger partial charge is 0.337 e. The third kappa shape index (κ3) is 2.44. The minimum absolute atomic E-state index is 0.0669. The van der Waals surface area contributed by atoms with Gasteiger partial charge in [0.15, 0.2) is 0 Å². The second-order valence-electron chi connectivity index (χ2n) is 6.11. The molecule has 1 amide bonds. The van der Waals surface area contributed by atoms with Crippen LogP contribution in [-0.4, -0.2) is 47.4 Å². The van der Waals surface area contributed by atoms with Gasteiger partial charge in [0.1, 0.15) is 5.69 Å². The Morgan fingerprint density at radius 1 is 1.35 bits per heavy atom. The molecule has 2 aliphatic rings. The molecule has 0 radical (unpaired) electrons. The van der Waals surface area contributed by atoms with Crippen LogP contribution in [0.4, 0.5) is 0 Å². The Kier molecular flexibility index (Phi) is 3.74. The maximum Gasteiger partial charge on any atom is 0.272 e. The molecule has 1 saturated carbocycles. The molecule has 1 aliphatic carbocycles. The Balaban J connectivity index is 1.78. The monoisotopic (exact) mass is 273 g/mol. The SMILES string of the molecule is CN(C(=O)c1cc([C@H]2CCCN2C)ccn1)C1CCC1. The molecule has 3 rings (SSSR count). The zero-order chi connectivity index (χ0) is 14.1. The fourth-order valence-electron chi connectivity index (χ4n) is 3.22. The van der Waals surface area contributed by atoms with Gasteiger partial charge in [-0.05, 0) is 63.4 Å². The first-order valence-electron chi connectivity index (χ1n) is 7.60. The zero-order valence-corrected chi connectivity index (χ0v) is 12.4. The lowest BCUT2D eigenvalue weighted by Crippen LogP contribution is -2.41. The molecule has 1 atom stereocenters. The maximum atomic E-state index is 12.5. The average molecular weight is 273 g/mol. The molecular formula is C16H23N3O. The fourth-order valence-corrected chi connectivity index (χ4v) is 3.22. The predicted molar refractivity (Wildman–Crippen MR) is 78.6 cm³/mol. The highest BCUT2D eigenvalue weighted by atomic mass is 16.2. The smallest absolute Gasteiger partial charge is 0.272 e. The van der Waals surface area contributed by atoms with Gasteiger partial charge in [0.25, 0.3) is 5.91 Å². The van der Waals surface area contributed by atoms with Crippen LogP contribution in [0.2, 0.25) is 0 Å². The predicted octanol–water partition coefficient (Wildman–Crippen LogP) is 2.47. The van der Waals surface area contributed by atoms with Crippen LogP contribution in [0.3, 0.4) is 0 Å². The van der Waals surface area contributed by atoms with Gasteiger partial charge in [-0.2, -0.15) is 0 Å². The standard InChI is InChI=1S/C16H23N3O/c1-18-10-4-7-15(18)12-8-9-17-14(11-12)16(20)19(2)13-5-3-6-13/h8-9,11,13,15H,3-7,10H2,1-2H3/t15-/m1/s1. The minimum Gasteiger partial charge on any atom is -0.337 e. The van der Waals surface area contributed by atoms with Crippen LogP contribution >= 0.6 is 0 Å². The summed E-state index contributed by atoms with van der Waals surface area (Å²) in [4.78, 5) is 21.0. The number of nitrogens with zero attached hydrogens (tertiary/aromatic N) is 3. The van der Waals surface area contributed by atoms with Gasteiger partial charge in [-0.3, -0.25) is 14.7 Å². The van der Waals surface area contributed by atoms with E-state index in [0.29, 0.717) is 17.8 Å². The molecule has 4 heteroatoms. The van der Waals surface area contributed by atoms with Crippen molar-refractivity contribution in [1.29, 1.82) is 0 Å². The summed E-state index contributed by atoms with van der Waals surface area (Å²) < 4.78 is 0. The minimum atomic E-state index is 0.0669. The van der Waals surface area contributed by atoms with Crippen molar-refractivity contribution in [2.45, 2.75) is 44.2 Å². The number of carbonyl (C=O) groups excluding carboxylic acids is 1. The summed E-state index contributed by atoms with van der Waals surface area (Å²) >= 11 is 0. The van der Waals surface area contributed by atoms with Gasteiger partial charge in [0.05, 0.1) is 0 Å². The van der Waals surface area contributed by atoms with E-state index in [-0.39, 0.29) is 5.91 Å². The molecule has 1 saturated heterocycles. The van der Waals surface area contributed by atoms with Gasteiger partial charge in [-0.15, -0.1) is 0 Å². The quantitative estimate of drug-likeness (QED) is 0.849. The number of aromatic nitrogens is 1. The Labute approximate surface area is 120 Å². The summed E-state index contributed by atoms with van der Waals surface area (Å²) in [6.07, 6.45) is 7.69. The molecule has 20 heavy (non-hydrogen) atoms. The summed E-state index contributed by atoms with van der Waals surface area (Å²) in [7, 11) is 4.06. The van der Waals surface area contributed by atoms with E-state index in [0.717, 1.165) is 19.4 Å². The van der Waals surface area contributed by atoms with Crippen LogP contribution < -0.4 is 0 Å². The summed E-state index contributed by atoms with van der Waals surface area (Å²) in [5.41, 5.74) is 1.82. The molecule has 2 fully saturated rings. The van der Waals surface area contributed by atoms with E-state index < -0.39 is 0 Å². The lowest BCUT2D eigenvalue weighted by Gasteiger charge is -2.34. The maximum absolute atomic E-state index is 12.5. The van der Waals surface area contributed by atoms with Crippen molar-refractivity contribution in [3.63, 3.8) is 0 Å². The van der Waals surface area contributed by atoms with Gasteiger partial charge in [0, 0.05) is 25.3 Å². The van der Waals surface area contributed by atoms with Gasteiger partial charge >= 0.3 is 0 Å². The normalized spacial score (nSPS) is 23.6. The first kappa shape index (κ1) is 13.6. The van der Waals surface area contributed by atoms with E-state index in [1.54, 1.807) is 6.20 Å². The number of amides is 1. The summed E-state index contributed by atoms with van der Waals surface area (Å²) in [5.74, 6) is 0.0669. The lowest BCUT2D eigenvalue weighted by molar-refractivity contribution is 0.0646. The van der Waals surface area contributed by atoms with E-state index in [1.165, 1.54) is 24.8 Å². The zero-order valence-electron chi connectivity index (χ0n) is 12.4. The Bertz CT molecular complexity index is 498. The van der Waals surface area contributed by atoms with Crippen LogP contribution in [0.1, 0.15) is 54.2 Å². The van der Waals surface area contributed by atoms with Crippen molar-refractivity contribution in [2.75, 3.05) is 20.6 Å². The van der Waals surface area contributed by atoms with Crippen molar-refractivity contribution in [1.82, 2.24) is 14.8 Å². The van der Waals surface area contributed by atoms with Gasteiger partial charge in [-0.25, -0.2) is 0 Å². The highest BCUT2D eigenvalue weighted by Crippen LogP contribution is 2.30. The number of pyridine rings is 1. The molecule has 0 spiro atoms. The van der Waals surface area contributed by atoms with Gasteiger partial charge in [-0.1, -0.05) is 0 Å². The topological polar surface area (TPSA) is 36.4 Å². The van der Waals surface area contributed by atoms with E-state index in [1.807, 2.05) is 24.1 Å². The molecule has 0 N–H and O–H groups in total. The van der Waals surface area contributed by atoms with Crippen molar-refractivity contribution in [3.8, 4) is 0 Å². The number of likely N-dealkylation sites (tertiary alicyclic amines) is 1. The molecule has 4 nitrogen and oxygen atoms in total. The Morgan fingerprint density at radius 2 is 2.15 bits per heavy atom. The first-order valence-corrected chi connectivity index (χ1v) is 7.60. The van der Waals surface area contributed by atoms with Crippen LogP contribution in [-0.2, 0) is 0 Å². The molecule has 1 aromatic heterocycles. The molecule has 0 unspecified atom stereocenters. The van der Waals surface area contributed by atoms with Gasteiger partial charge < -0.3 is 4.90 Å². The summed E-state index contributed by atoms with van der Waals surface area (Å²) in [5, 5.41) is 0. The fraction of sp³-hybridized carbons (Fsp3) is 0.625. The molecule has 2 heterocycles. The Hall–Kier alpha value is -1.42. The summed E-state index contributed by atoms with van der Waals surface area (Å²) in [6, 6.07) is 4.90. The average Bonchev–Trinajstić information content (AvgIpc) is 2.82. The summed E-state index contributed by atoms with van der Waals surface area (Å²) in [6.45, 7) is 1.14. The van der Waals surface area contributed by atoms with Crippen molar-refractivity contribution < 1.29 is 4.79 Å². The van der Waals surface area contributed by atoms with E-state index in [2.05, 4.69) is 16.9 Å².